The first-order chi connectivity index (χ1) is 30.7. The molecule has 0 radical (unpaired) electrons. The van der Waals surface area contributed by atoms with E-state index < -0.39 is 0 Å². The summed E-state index contributed by atoms with van der Waals surface area (Å²) in [6.45, 7) is 0. The van der Waals surface area contributed by atoms with Crippen LogP contribution >= 0.6 is 11.3 Å². The van der Waals surface area contributed by atoms with Gasteiger partial charge in [0.05, 0.1) is 22.4 Å². The molecule has 0 bridgehead atoms. The minimum absolute atomic E-state index is 0.866. The van der Waals surface area contributed by atoms with Gasteiger partial charge in [0.1, 0.15) is 11.2 Å². The predicted molar refractivity (Wildman–Crippen MR) is 264 cm³/mol. The molecule has 13 rings (SSSR count). The van der Waals surface area contributed by atoms with Crippen molar-refractivity contribution in [2.24, 2.45) is 0 Å². The summed E-state index contributed by atoms with van der Waals surface area (Å²) in [5.41, 5.74) is 12.9. The van der Waals surface area contributed by atoms with Crippen molar-refractivity contribution >= 4 is 103 Å². The number of hydrogen-bond acceptors (Lipinski definition) is 3. The number of benzene rings is 10. The van der Waals surface area contributed by atoms with Crippen molar-refractivity contribution in [3.63, 3.8) is 0 Å². The minimum Gasteiger partial charge on any atom is -0.455 e. The molecule has 0 aliphatic rings. The second-order valence-corrected chi connectivity index (χ2v) is 17.1. The van der Waals surface area contributed by atoms with Crippen molar-refractivity contribution in [1.82, 2.24) is 4.57 Å². The van der Waals surface area contributed by atoms with Crippen LogP contribution < -0.4 is 4.90 Å². The van der Waals surface area contributed by atoms with Crippen LogP contribution in [0.1, 0.15) is 0 Å². The number of furan rings is 1. The lowest BCUT2D eigenvalue weighted by Crippen LogP contribution is -2.11. The Labute approximate surface area is 361 Å². The van der Waals surface area contributed by atoms with Gasteiger partial charge in [-0.1, -0.05) is 146 Å². The van der Waals surface area contributed by atoms with Crippen molar-refractivity contribution < 1.29 is 4.42 Å². The number of aromatic nitrogens is 1. The molecule has 0 aliphatic carbocycles. The first-order valence-electron chi connectivity index (χ1n) is 21.1. The van der Waals surface area contributed by atoms with E-state index in [-0.39, 0.29) is 0 Å². The molecule has 4 heteroatoms. The van der Waals surface area contributed by atoms with Crippen LogP contribution in [0, 0.1) is 0 Å². The van der Waals surface area contributed by atoms with Crippen LogP contribution in [0.5, 0.6) is 0 Å². The molecular weight excluding hydrogens is 773 g/mol. The molecule has 10 aromatic carbocycles. The third-order valence-corrected chi connectivity index (χ3v) is 13.7. The average Bonchev–Trinajstić information content (AvgIpc) is 4.01. The molecule has 0 amide bonds. The SMILES string of the molecule is c1cc(-c2ccc3sc4ccccc4c3c2)cc(N(c2cc(-c3ccccc3-n3c4ccccc4c4ccccc43)c3oc4ccccc4c3c2)c2cccc3ccccc23)c1. The minimum atomic E-state index is 0.866. The van der Waals surface area contributed by atoms with Crippen LogP contribution in [-0.2, 0) is 0 Å². The van der Waals surface area contributed by atoms with Crippen molar-refractivity contribution in [3.8, 4) is 27.9 Å². The van der Waals surface area contributed by atoms with Crippen molar-refractivity contribution in [1.29, 1.82) is 0 Å². The Hall–Kier alpha value is -7.92. The maximum absolute atomic E-state index is 6.91. The molecule has 62 heavy (non-hydrogen) atoms. The molecule has 0 spiro atoms. The lowest BCUT2D eigenvalue weighted by Gasteiger charge is -2.28. The molecule has 0 saturated heterocycles. The van der Waals surface area contributed by atoms with E-state index in [0.717, 1.165) is 61.4 Å². The Kier molecular flexibility index (Phi) is 7.78. The van der Waals surface area contributed by atoms with Crippen LogP contribution in [0.15, 0.2) is 223 Å². The fourth-order valence-electron chi connectivity index (χ4n) is 9.78. The predicted octanol–water partition coefficient (Wildman–Crippen LogP) is 17.0. The van der Waals surface area contributed by atoms with E-state index in [2.05, 4.69) is 228 Å². The van der Waals surface area contributed by atoms with Crippen LogP contribution in [0.25, 0.3) is 103 Å². The van der Waals surface area contributed by atoms with Gasteiger partial charge in [-0.2, -0.15) is 0 Å². The smallest absolute Gasteiger partial charge is 0.143 e. The van der Waals surface area contributed by atoms with Gasteiger partial charge >= 0.3 is 0 Å². The van der Waals surface area contributed by atoms with Gasteiger partial charge in [-0.25, -0.2) is 0 Å². The van der Waals surface area contributed by atoms with Gasteiger partial charge in [-0.05, 0) is 89.3 Å². The Morgan fingerprint density at radius 2 is 1.03 bits per heavy atom. The fourth-order valence-corrected chi connectivity index (χ4v) is 10.9. The third-order valence-electron chi connectivity index (χ3n) is 12.6. The molecule has 0 unspecified atom stereocenters. The number of thiophene rings is 1. The molecule has 0 saturated carbocycles. The van der Waals surface area contributed by atoms with E-state index in [9.17, 15) is 0 Å². The van der Waals surface area contributed by atoms with Gasteiger partial charge in [-0.3, -0.25) is 0 Å². The molecule has 3 heterocycles. The van der Waals surface area contributed by atoms with Crippen LogP contribution in [0.3, 0.4) is 0 Å². The van der Waals surface area contributed by atoms with Gasteiger partial charge in [0.2, 0.25) is 0 Å². The van der Waals surface area contributed by atoms with E-state index >= 15 is 0 Å². The van der Waals surface area contributed by atoms with Crippen molar-refractivity contribution in [2.45, 2.75) is 0 Å². The fraction of sp³-hybridized carbons (Fsp3) is 0. The van der Waals surface area contributed by atoms with E-state index in [1.807, 2.05) is 11.3 Å². The Morgan fingerprint density at radius 3 is 1.89 bits per heavy atom. The zero-order valence-corrected chi connectivity index (χ0v) is 34.3. The van der Waals surface area contributed by atoms with E-state index in [4.69, 9.17) is 4.42 Å². The summed E-state index contributed by atoms with van der Waals surface area (Å²) in [5, 5.41) is 9.58. The molecule has 3 aromatic heterocycles. The summed E-state index contributed by atoms with van der Waals surface area (Å²) < 4.78 is 11.9. The second-order valence-electron chi connectivity index (χ2n) is 16.0. The first-order valence-corrected chi connectivity index (χ1v) is 21.9. The highest BCUT2D eigenvalue weighted by molar-refractivity contribution is 7.25. The Balaban J connectivity index is 1.09. The highest BCUT2D eigenvalue weighted by Gasteiger charge is 2.24. The third kappa shape index (κ3) is 5.37. The average molecular weight is 809 g/mol. The summed E-state index contributed by atoms with van der Waals surface area (Å²) >= 11 is 1.85. The Bertz CT molecular complexity index is 3850. The van der Waals surface area contributed by atoms with E-state index in [1.54, 1.807) is 0 Å². The maximum atomic E-state index is 6.91. The highest BCUT2D eigenvalue weighted by Crippen LogP contribution is 2.47. The first kappa shape index (κ1) is 34.9. The molecule has 13 aromatic rings. The van der Waals surface area contributed by atoms with Gasteiger partial charge in [-0.15, -0.1) is 11.3 Å². The largest absolute Gasteiger partial charge is 0.455 e. The standard InChI is InChI=1S/C58H36N2OS/c1-2-19-42-37(15-1)16-14-28-51(42)59(40-18-13-17-38(33-40)39-31-32-57-48(34-39)47-24-7-12-30-56(47)62-57)41-35-49(58-50(36-41)46-23-6-11-29-55(46)61-58)45-22-5-10-27-54(45)60-52-25-8-3-20-43(52)44-21-4-9-26-53(44)60/h1-36H. The second kappa shape index (κ2) is 13.8. The van der Waals surface area contributed by atoms with Crippen molar-refractivity contribution in [3.05, 3.63) is 218 Å². The van der Waals surface area contributed by atoms with Crippen LogP contribution in [-0.4, -0.2) is 4.57 Å². The van der Waals surface area contributed by atoms with Gasteiger partial charge < -0.3 is 13.9 Å². The van der Waals surface area contributed by atoms with E-state index in [1.165, 1.54) is 58.3 Å². The molecule has 0 fully saturated rings. The van der Waals surface area contributed by atoms with Crippen LogP contribution in [0.2, 0.25) is 0 Å². The molecule has 0 N–H and O–H groups in total. The van der Waals surface area contributed by atoms with Crippen molar-refractivity contribution in [2.75, 3.05) is 4.90 Å². The summed E-state index contributed by atoms with van der Waals surface area (Å²) in [5.74, 6) is 0. The molecular formula is C58H36N2OS. The summed E-state index contributed by atoms with van der Waals surface area (Å²) in [7, 11) is 0. The number of fused-ring (bicyclic) bond motifs is 10. The quantitative estimate of drug-likeness (QED) is 0.167. The van der Waals surface area contributed by atoms with Gasteiger partial charge in [0, 0.05) is 69.6 Å². The van der Waals surface area contributed by atoms with Gasteiger partial charge in [0.25, 0.3) is 0 Å². The molecule has 0 aliphatic heterocycles. The highest BCUT2D eigenvalue weighted by atomic mass is 32.1. The zero-order chi connectivity index (χ0) is 40.7. The lowest BCUT2D eigenvalue weighted by molar-refractivity contribution is 0.670. The van der Waals surface area contributed by atoms with Gasteiger partial charge in [0.15, 0.2) is 0 Å². The molecule has 0 atom stereocenters. The number of anilines is 3. The molecule has 3 nitrogen and oxygen atoms in total. The zero-order valence-electron chi connectivity index (χ0n) is 33.5. The monoisotopic (exact) mass is 808 g/mol. The normalized spacial score (nSPS) is 11.9. The number of rotatable bonds is 6. The molecule has 290 valence electrons. The number of nitrogens with zero attached hydrogens (tertiary/aromatic N) is 2. The topological polar surface area (TPSA) is 21.3 Å². The van der Waals surface area contributed by atoms with E-state index in [0.29, 0.717) is 0 Å². The number of hydrogen-bond donors (Lipinski definition) is 0. The number of para-hydroxylation sites is 4. The Morgan fingerprint density at radius 1 is 0.387 bits per heavy atom. The summed E-state index contributed by atoms with van der Waals surface area (Å²) in [6, 6.07) is 79.3. The lowest BCUT2D eigenvalue weighted by atomic mass is 9.97. The summed E-state index contributed by atoms with van der Waals surface area (Å²) in [4.78, 5) is 2.44. The van der Waals surface area contributed by atoms with Crippen LogP contribution in [0.4, 0.5) is 17.1 Å². The maximum Gasteiger partial charge on any atom is 0.143 e. The summed E-state index contributed by atoms with van der Waals surface area (Å²) in [6.07, 6.45) is 0.